The van der Waals surface area contributed by atoms with Gasteiger partial charge in [-0.3, -0.25) is 4.79 Å². The number of nitrogens with one attached hydrogen (secondary N) is 1. The van der Waals surface area contributed by atoms with Crippen molar-refractivity contribution in [3.8, 4) is 0 Å². The summed E-state index contributed by atoms with van der Waals surface area (Å²) in [6.45, 7) is -0.164. The highest BCUT2D eigenvalue weighted by molar-refractivity contribution is 7.89. The molecule has 0 aromatic carbocycles. The molecular weight excluding hydrogens is 212 g/mol. The van der Waals surface area contributed by atoms with E-state index in [1.165, 1.54) is 0 Å². The highest BCUT2D eigenvalue weighted by Gasteiger charge is 2.15. The first-order valence-corrected chi connectivity index (χ1v) is 5.11. The molecule has 0 atom stereocenters. The number of hydrogen-bond donors (Lipinski definition) is 2. The number of carboxylic acids is 1. The number of aromatic nitrogens is 1. The van der Waals surface area contributed by atoms with E-state index in [2.05, 4.69) is 14.4 Å². The number of carbonyl (C=O) groups is 1. The lowest BCUT2D eigenvalue weighted by Crippen LogP contribution is -2.25. The van der Waals surface area contributed by atoms with Crippen molar-refractivity contribution in [2.45, 2.75) is 11.3 Å². The van der Waals surface area contributed by atoms with Gasteiger partial charge in [0.1, 0.15) is 11.2 Å². The van der Waals surface area contributed by atoms with Gasteiger partial charge in [-0.25, -0.2) is 13.1 Å². The van der Waals surface area contributed by atoms with Gasteiger partial charge in [-0.1, -0.05) is 5.16 Å². The molecule has 0 saturated carbocycles. The summed E-state index contributed by atoms with van der Waals surface area (Å²) in [6, 6.07) is 0. The minimum absolute atomic E-state index is 0.122. The molecule has 2 N–H and O–H groups in total. The van der Waals surface area contributed by atoms with E-state index in [0.29, 0.717) is 0 Å². The van der Waals surface area contributed by atoms with Crippen molar-refractivity contribution >= 4 is 16.0 Å². The molecule has 0 unspecified atom stereocenters. The Labute approximate surface area is 79.8 Å². The average Bonchev–Trinajstić information content (AvgIpc) is 2.54. The standard InChI is InChI=1S/C6H8N2O5S/c9-6(10)1-2-8-14(11,12)5-3-7-13-4-5/h3-4,8H,1-2H2,(H,9,10). The van der Waals surface area contributed by atoms with Gasteiger partial charge in [-0.15, -0.1) is 0 Å². The fourth-order valence-corrected chi connectivity index (χ4v) is 1.59. The van der Waals surface area contributed by atoms with Gasteiger partial charge in [0.05, 0.1) is 12.6 Å². The van der Waals surface area contributed by atoms with Gasteiger partial charge in [-0.05, 0) is 0 Å². The van der Waals surface area contributed by atoms with Crippen LogP contribution in [0.3, 0.4) is 0 Å². The third-order valence-corrected chi connectivity index (χ3v) is 2.76. The number of rotatable bonds is 5. The number of sulfonamides is 1. The van der Waals surface area contributed by atoms with Crippen LogP contribution in [0.4, 0.5) is 0 Å². The molecule has 78 valence electrons. The third kappa shape index (κ3) is 2.82. The van der Waals surface area contributed by atoms with Gasteiger partial charge in [0.15, 0.2) is 0 Å². The minimum Gasteiger partial charge on any atom is -0.481 e. The van der Waals surface area contributed by atoms with Crippen LogP contribution in [0.5, 0.6) is 0 Å². The molecular formula is C6H8N2O5S. The second kappa shape index (κ2) is 4.20. The third-order valence-electron chi connectivity index (χ3n) is 1.35. The summed E-state index contributed by atoms with van der Waals surface area (Å²) in [4.78, 5) is 9.98. The molecule has 1 aromatic rings. The molecule has 7 nitrogen and oxygen atoms in total. The molecule has 0 aliphatic carbocycles. The van der Waals surface area contributed by atoms with Crippen LogP contribution in [0.15, 0.2) is 21.9 Å². The Morgan fingerprint density at radius 3 is 2.86 bits per heavy atom. The molecule has 14 heavy (non-hydrogen) atoms. The SMILES string of the molecule is O=C(O)CCNS(=O)(=O)c1cnoc1. The van der Waals surface area contributed by atoms with E-state index in [1.807, 2.05) is 0 Å². The topological polar surface area (TPSA) is 110 Å². The molecule has 8 heteroatoms. The Hall–Kier alpha value is -1.41. The van der Waals surface area contributed by atoms with Crippen LogP contribution in [0.1, 0.15) is 6.42 Å². The number of carboxylic acid groups (broad SMARTS) is 1. The van der Waals surface area contributed by atoms with Crippen molar-refractivity contribution in [1.82, 2.24) is 9.88 Å². The van der Waals surface area contributed by atoms with Crippen molar-refractivity contribution in [1.29, 1.82) is 0 Å². The van der Waals surface area contributed by atoms with Gasteiger partial charge < -0.3 is 9.63 Å². The van der Waals surface area contributed by atoms with Crippen LogP contribution < -0.4 is 4.72 Å². The van der Waals surface area contributed by atoms with E-state index in [0.717, 1.165) is 12.5 Å². The van der Waals surface area contributed by atoms with Crippen LogP contribution in [-0.2, 0) is 14.8 Å². The summed E-state index contributed by atoms with van der Waals surface area (Å²) >= 11 is 0. The van der Waals surface area contributed by atoms with Crippen LogP contribution in [0, 0.1) is 0 Å². The van der Waals surface area contributed by atoms with Crippen LogP contribution in [0.25, 0.3) is 0 Å². The zero-order chi connectivity index (χ0) is 10.6. The van der Waals surface area contributed by atoms with E-state index < -0.39 is 16.0 Å². The molecule has 0 fully saturated rings. The number of hydrogen-bond acceptors (Lipinski definition) is 5. The molecule has 0 amide bonds. The Morgan fingerprint density at radius 1 is 1.64 bits per heavy atom. The zero-order valence-corrected chi connectivity index (χ0v) is 7.82. The predicted molar refractivity (Wildman–Crippen MR) is 43.9 cm³/mol. The molecule has 0 bridgehead atoms. The normalized spacial score (nSPS) is 11.4. The predicted octanol–water partition coefficient (Wildman–Crippen LogP) is -0.572. The second-order valence-electron chi connectivity index (χ2n) is 2.40. The van der Waals surface area contributed by atoms with Crippen LogP contribution >= 0.6 is 0 Å². The van der Waals surface area contributed by atoms with Gasteiger partial charge in [-0.2, -0.15) is 0 Å². The fourth-order valence-electron chi connectivity index (χ4n) is 0.704. The Morgan fingerprint density at radius 2 is 2.36 bits per heavy atom. The highest BCUT2D eigenvalue weighted by Crippen LogP contribution is 2.05. The lowest BCUT2D eigenvalue weighted by molar-refractivity contribution is -0.136. The molecule has 1 aromatic heterocycles. The Bertz CT molecular complexity index is 396. The van der Waals surface area contributed by atoms with E-state index in [4.69, 9.17) is 5.11 Å². The Kier molecular flexibility index (Phi) is 3.20. The van der Waals surface area contributed by atoms with Gasteiger partial charge in [0, 0.05) is 6.54 Å². The summed E-state index contributed by atoms with van der Waals surface area (Å²) in [7, 11) is -3.68. The lowest BCUT2D eigenvalue weighted by atomic mass is 10.5. The summed E-state index contributed by atoms with van der Waals surface area (Å²) in [5.74, 6) is -1.07. The molecule has 0 spiro atoms. The van der Waals surface area contributed by atoms with E-state index in [-0.39, 0.29) is 17.9 Å². The quantitative estimate of drug-likeness (QED) is 0.687. The number of aliphatic carboxylic acids is 1. The first-order valence-electron chi connectivity index (χ1n) is 3.63. The lowest BCUT2D eigenvalue weighted by Gasteiger charge is -2.00. The molecule has 0 radical (unpaired) electrons. The Balaban J connectivity index is 2.56. The smallest absolute Gasteiger partial charge is 0.304 e. The second-order valence-corrected chi connectivity index (χ2v) is 4.17. The summed E-state index contributed by atoms with van der Waals surface area (Å²) < 4.78 is 29.0. The maximum Gasteiger partial charge on any atom is 0.304 e. The average molecular weight is 220 g/mol. The first kappa shape index (κ1) is 10.7. The van der Waals surface area contributed by atoms with Crippen molar-refractivity contribution in [3.63, 3.8) is 0 Å². The van der Waals surface area contributed by atoms with Crippen LogP contribution in [-0.4, -0.2) is 31.2 Å². The van der Waals surface area contributed by atoms with Crippen molar-refractivity contribution in [2.75, 3.05) is 6.54 Å². The van der Waals surface area contributed by atoms with E-state index >= 15 is 0 Å². The van der Waals surface area contributed by atoms with Crippen molar-refractivity contribution in [3.05, 3.63) is 12.5 Å². The van der Waals surface area contributed by atoms with Crippen molar-refractivity contribution < 1.29 is 22.8 Å². The van der Waals surface area contributed by atoms with Gasteiger partial charge in [0.2, 0.25) is 10.0 Å². The van der Waals surface area contributed by atoms with E-state index in [9.17, 15) is 13.2 Å². The maximum atomic E-state index is 11.3. The first-order chi connectivity index (χ1) is 6.52. The summed E-state index contributed by atoms with van der Waals surface area (Å²) in [5, 5.41) is 11.5. The van der Waals surface area contributed by atoms with E-state index in [1.54, 1.807) is 0 Å². The van der Waals surface area contributed by atoms with Crippen LogP contribution in [0.2, 0.25) is 0 Å². The minimum atomic E-state index is -3.68. The zero-order valence-electron chi connectivity index (χ0n) is 7.00. The number of nitrogens with zero attached hydrogens (tertiary/aromatic N) is 1. The largest absolute Gasteiger partial charge is 0.481 e. The summed E-state index contributed by atoms with van der Waals surface area (Å²) in [5.41, 5.74) is 0. The summed E-state index contributed by atoms with van der Waals surface area (Å²) in [6.07, 6.45) is 1.72. The molecule has 0 aliphatic rings. The molecule has 1 heterocycles. The fraction of sp³-hybridized carbons (Fsp3) is 0.333. The molecule has 1 rings (SSSR count). The molecule has 0 saturated heterocycles. The van der Waals surface area contributed by atoms with Gasteiger partial charge >= 0.3 is 5.97 Å². The van der Waals surface area contributed by atoms with Crippen molar-refractivity contribution in [2.24, 2.45) is 0 Å². The molecule has 0 aliphatic heterocycles. The highest BCUT2D eigenvalue weighted by atomic mass is 32.2. The van der Waals surface area contributed by atoms with Gasteiger partial charge in [0.25, 0.3) is 0 Å². The monoisotopic (exact) mass is 220 g/mol. The maximum absolute atomic E-state index is 11.3.